The van der Waals surface area contributed by atoms with E-state index >= 15 is 0 Å². The Morgan fingerprint density at radius 3 is 2.90 bits per heavy atom. The average Bonchev–Trinajstić information content (AvgIpc) is 2.92. The smallest absolute Gasteiger partial charge is 0.261 e. The van der Waals surface area contributed by atoms with Crippen molar-refractivity contribution in [3.63, 3.8) is 0 Å². The number of carbonyl (C=O) groups excluding carboxylic acids is 1. The van der Waals surface area contributed by atoms with E-state index in [1.165, 1.54) is 0 Å². The number of nitrogens with zero attached hydrogens (tertiary/aromatic N) is 4. The van der Waals surface area contributed by atoms with E-state index in [0.29, 0.717) is 24.2 Å². The van der Waals surface area contributed by atoms with Crippen molar-refractivity contribution in [2.24, 2.45) is 12.2 Å². The van der Waals surface area contributed by atoms with Crippen LogP contribution in [0.2, 0.25) is 0 Å². The zero-order chi connectivity index (χ0) is 14.1. The second-order valence-electron chi connectivity index (χ2n) is 4.67. The molecule has 1 aromatic carbocycles. The number of oxime groups is 1. The van der Waals surface area contributed by atoms with Gasteiger partial charge >= 0.3 is 0 Å². The lowest BCUT2D eigenvalue weighted by Gasteiger charge is -2.29. The number of fused-ring (bicyclic) bond motifs is 1. The summed E-state index contributed by atoms with van der Waals surface area (Å²) in [4.78, 5) is 14.2. The van der Waals surface area contributed by atoms with E-state index < -0.39 is 0 Å². The van der Waals surface area contributed by atoms with Crippen LogP contribution in [0.4, 0.5) is 5.69 Å². The van der Waals surface area contributed by atoms with Crippen molar-refractivity contribution in [1.29, 1.82) is 0 Å². The van der Waals surface area contributed by atoms with Crippen molar-refractivity contribution in [3.05, 3.63) is 47.8 Å². The van der Waals surface area contributed by atoms with E-state index in [1.54, 1.807) is 29.0 Å². The molecule has 0 saturated carbocycles. The van der Waals surface area contributed by atoms with Crippen LogP contribution in [0.3, 0.4) is 0 Å². The van der Waals surface area contributed by atoms with Gasteiger partial charge in [0, 0.05) is 31.8 Å². The summed E-state index contributed by atoms with van der Waals surface area (Å²) in [6, 6.07) is 7.44. The molecule has 0 radical (unpaired) electrons. The number of para-hydroxylation sites is 1. The number of aryl methyl sites for hydroxylation is 1. The minimum absolute atomic E-state index is 0.0949. The molecule has 20 heavy (non-hydrogen) atoms. The number of carbonyl (C=O) groups is 1. The van der Waals surface area contributed by atoms with E-state index in [9.17, 15) is 4.79 Å². The van der Waals surface area contributed by atoms with Gasteiger partial charge in [0.2, 0.25) is 0 Å². The summed E-state index contributed by atoms with van der Waals surface area (Å²) in [5.74, 6) is -0.0949. The number of aromatic nitrogens is 2. The molecule has 0 unspecified atom stereocenters. The number of anilines is 1. The van der Waals surface area contributed by atoms with Crippen LogP contribution in [0.5, 0.6) is 0 Å². The highest BCUT2D eigenvalue weighted by Gasteiger charge is 2.27. The first-order valence-corrected chi connectivity index (χ1v) is 6.31. The van der Waals surface area contributed by atoms with E-state index in [0.717, 1.165) is 11.3 Å². The fourth-order valence-electron chi connectivity index (χ4n) is 2.43. The predicted octanol–water partition coefficient (Wildman–Crippen LogP) is 1.65. The molecule has 0 fully saturated rings. The number of hydrogen-bond acceptors (Lipinski definition) is 4. The lowest BCUT2D eigenvalue weighted by Crippen LogP contribution is -2.37. The molecule has 2 aromatic rings. The van der Waals surface area contributed by atoms with Gasteiger partial charge in [0.15, 0.2) is 0 Å². The first-order valence-electron chi connectivity index (χ1n) is 6.31. The summed E-state index contributed by atoms with van der Waals surface area (Å²) in [5.41, 5.74) is 2.71. The third-order valence-corrected chi connectivity index (χ3v) is 3.40. The highest BCUT2D eigenvalue weighted by atomic mass is 16.4. The molecule has 0 spiro atoms. The number of amides is 1. The van der Waals surface area contributed by atoms with Gasteiger partial charge < -0.3 is 10.1 Å². The Bertz CT molecular complexity index is 690. The minimum Gasteiger partial charge on any atom is -0.411 e. The zero-order valence-corrected chi connectivity index (χ0v) is 11.0. The van der Waals surface area contributed by atoms with Crippen LogP contribution in [0.15, 0.2) is 41.8 Å². The molecule has 102 valence electrons. The molecule has 0 aliphatic carbocycles. The molecule has 6 heteroatoms. The van der Waals surface area contributed by atoms with Crippen LogP contribution >= 0.6 is 0 Å². The Balaban J connectivity index is 2.02. The van der Waals surface area contributed by atoms with Gasteiger partial charge in [-0.25, -0.2) is 0 Å². The van der Waals surface area contributed by atoms with Crippen LogP contribution in [0.25, 0.3) is 0 Å². The average molecular weight is 270 g/mol. The van der Waals surface area contributed by atoms with Crippen LogP contribution in [-0.4, -0.2) is 33.2 Å². The predicted molar refractivity (Wildman–Crippen MR) is 74.3 cm³/mol. The topological polar surface area (TPSA) is 70.7 Å². The summed E-state index contributed by atoms with van der Waals surface area (Å²) in [5, 5.41) is 16.4. The number of hydrogen-bond donors (Lipinski definition) is 1. The van der Waals surface area contributed by atoms with Gasteiger partial charge in [-0.2, -0.15) is 5.10 Å². The minimum atomic E-state index is -0.0949. The second kappa shape index (κ2) is 4.80. The monoisotopic (exact) mass is 270 g/mol. The van der Waals surface area contributed by atoms with Gasteiger partial charge in [-0.05, 0) is 6.07 Å². The number of rotatable bonds is 1. The van der Waals surface area contributed by atoms with Gasteiger partial charge in [-0.3, -0.25) is 9.48 Å². The van der Waals surface area contributed by atoms with Crippen LogP contribution < -0.4 is 4.90 Å². The molecule has 6 nitrogen and oxygen atoms in total. The Labute approximate surface area is 115 Å². The standard InChI is InChI=1S/C14H14N4O2/c1-17-9-10(8-15-17)14(19)18-7-6-12(16-20)11-4-2-3-5-13(11)18/h2-5,8-9,20H,6-7H2,1H3. The van der Waals surface area contributed by atoms with Crippen LogP contribution in [-0.2, 0) is 7.05 Å². The fraction of sp³-hybridized carbons (Fsp3) is 0.214. The molecular formula is C14H14N4O2. The molecule has 2 heterocycles. The van der Waals surface area contributed by atoms with Crippen LogP contribution in [0.1, 0.15) is 22.3 Å². The highest BCUT2D eigenvalue weighted by molar-refractivity contribution is 6.14. The first-order chi connectivity index (χ1) is 9.70. The molecule has 1 aliphatic rings. The van der Waals surface area contributed by atoms with E-state index in [1.807, 2.05) is 24.3 Å². The molecule has 0 atom stereocenters. The van der Waals surface area contributed by atoms with E-state index in [4.69, 9.17) is 5.21 Å². The van der Waals surface area contributed by atoms with Crippen molar-refractivity contribution < 1.29 is 10.0 Å². The van der Waals surface area contributed by atoms with Crippen molar-refractivity contribution >= 4 is 17.3 Å². The maximum Gasteiger partial charge on any atom is 0.261 e. The van der Waals surface area contributed by atoms with Crippen molar-refractivity contribution in [1.82, 2.24) is 9.78 Å². The fourth-order valence-corrected chi connectivity index (χ4v) is 2.43. The largest absolute Gasteiger partial charge is 0.411 e. The third-order valence-electron chi connectivity index (χ3n) is 3.40. The highest BCUT2D eigenvalue weighted by Crippen LogP contribution is 2.28. The molecule has 0 bridgehead atoms. The second-order valence-corrected chi connectivity index (χ2v) is 4.67. The maximum atomic E-state index is 12.5. The van der Waals surface area contributed by atoms with E-state index in [-0.39, 0.29) is 5.91 Å². The number of benzene rings is 1. The van der Waals surface area contributed by atoms with Gasteiger partial charge in [-0.15, -0.1) is 0 Å². The SMILES string of the molecule is Cn1cc(C(=O)N2CCC(=NO)c3ccccc32)cn1. The van der Waals surface area contributed by atoms with Crippen molar-refractivity contribution in [2.45, 2.75) is 6.42 Å². The lowest BCUT2D eigenvalue weighted by molar-refractivity contribution is 0.0987. The first kappa shape index (κ1) is 12.4. The molecule has 0 saturated heterocycles. The molecule has 1 amide bonds. The Kier molecular flexibility index (Phi) is 2.98. The van der Waals surface area contributed by atoms with Gasteiger partial charge in [0.1, 0.15) is 0 Å². The van der Waals surface area contributed by atoms with Gasteiger partial charge in [0.25, 0.3) is 5.91 Å². The molecular weight excluding hydrogens is 256 g/mol. The summed E-state index contributed by atoms with van der Waals surface area (Å²) < 4.78 is 1.60. The molecule has 1 aromatic heterocycles. The summed E-state index contributed by atoms with van der Waals surface area (Å²) in [6.45, 7) is 0.490. The molecule has 1 N–H and O–H groups in total. The lowest BCUT2D eigenvalue weighted by atomic mass is 9.99. The molecule has 1 aliphatic heterocycles. The Morgan fingerprint density at radius 2 is 2.20 bits per heavy atom. The van der Waals surface area contributed by atoms with Crippen molar-refractivity contribution in [2.75, 3.05) is 11.4 Å². The van der Waals surface area contributed by atoms with Crippen LogP contribution in [0, 0.1) is 0 Å². The Hall–Kier alpha value is -2.63. The zero-order valence-electron chi connectivity index (χ0n) is 11.0. The summed E-state index contributed by atoms with van der Waals surface area (Å²) >= 11 is 0. The third kappa shape index (κ3) is 1.95. The van der Waals surface area contributed by atoms with E-state index in [2.05, 4.69) is 10.3 Å². The maximum absolute atomic E-state index is 12.5. The normalized spacial score (nSPS) is 16.2. The van der Waals surface area contributed by atoms with Crippen molar-refractivity contribution in [3.8, 4) is 0 Å². The van der Waals surface area contributed by atoms with Gasteiger partial charge in [0.05, 0.1) is 23.2 Å². The Morgan fingerprint density at radius 1 is 1.40 bits per heavy atom. The quantitative estimate of drug-likeness (QED) is 0.632. The van der Waals surface area contributed by atoms with Gasteiger partial charge in [-0.1, -0.05) is 23.4 Å². The molecule has 3 rings (SSSR count). The summed E-state index contributed by atoms with van der Waals surface area (Å²) in [7, 11) is 1.78. The summed E-state index contributed by atoms with van der Waals surface area (Å²) in [6.07, 6.45) is 3.78.